The molecule has 1 heterocycles. The number of carbonyl (C=O) groups is 2. The van der Waals surface area contributed by atoms with Crippen LogP contribution >= 0.6 is 0 Å². The van der Waals surface area contributed by atoms with Gasteiger partial charge in [-0.3, -0.25) is 14.5 Å². The lowest BCUT2D eigenvalue weighted by atomic mass is 10.2. The van der Waals surface area contributed by atoms with Crippen LogP contribution < -0.4 is 0 Å². The Kier molecular flexibility index (Phi) is 4.74. The second kappa shape index (κ2) is 6.52. The summed E-state index contributed by atoms with van der Waals surface area (Å²) in [6.07, 6.45) is 1.47. The molecule has 1 aliphatic rings. The van der Waals surface area contributed by atoms with E-state index in [1.165, 1.54) is 0 Å². The Morgan fingerprint density at radius 3 is 2.70 bits per heavy atom. The molecular formula is C15H20N2O3. The minimum atomic E-state index is -0.832. The Morgan fingerprint density at radius 2 is 2.05 bits per heavy atom. The van der Waals surface area contributed by atoms with E-state index in [0.717, 1.165) is 12.0 Å². The second-order valence-corrected chi connectivity index (χ2v) is 5.20. The number of carboxylic acid groups (broad SMARTS) is 1. The van der Waals surface area contributed by atoms with E-state index in [0.29, 0.717) is 19.5 Å². The predicted molar refractivity (Wildman–Crippen MR) is 75.1 cm³/mol. The molecule has 1 aromatic carbocycles. The van der Waals surface area contributed by atoms with Crippen molar-refractivity contribution in [2.75, 3.05) is 20.1 Å². The summed E-state index contributed by atoms with van der Waals surface area (Å²) in [6.45, 7) is 1.41. The number of hydrogen-bond acceptors (Lipinski definition) is 3. The third-order valence-corrected chi connectivity index (χ3v) is 3.68. The molecular weight excluding hydrogens is 256 g/mol. The van der Waals surface area contributed by atoms with Gasteiger partial charge in [0.25, 0.3) is 0 Å². The van der Waals surface area contributed by atoms with Crippen LogP contribution in [0.5, 0.6) is 0 Å². The van der Waals surface area contributed by atoms with Crippen molar-refractivity contribution in [2.45, 2.75) is 25.4 Å². The first-order valence-electron chi connectivity index (χ1n) is 6.82. The smallest absolute Gasteiger partial charge is 0.320 e. The number of hydrogen-bond donors (Lipinski definition) is 1. The maximum atomic E-state index is 12.2. The number of benzene rings is 1. The number of carbonyl (C=O) groups excluding carboxylic acids is 1. The average Bonchev–Trinajstić information content (AvgIpc) is 2.88. The summed E-state index contributed by atoms with van der Waals surface area (Å²) in [4.78, 5) is 26.7. The quantitative estimate of drug-likeness (QED) is 0.877. The van der Waals surface area contributed by atoms with Crippen molar-refractivity contribution in [1.82, 2.24) is 9.80 Å². The lowest BCUT2D eigenvalue weighted by Gasteiger charge is -2.24. The van der Waals surface area contributed by atoms with Gasteiger partial charge >= 0.3 is 5.97 Å². The minimum absolute atomic E-state index is 0.0398. The summed E-state index contributed by atoms with van der Waals surface area (Å²) in [7, 11) is 1.75. The number of rotatable bonds is 5. The van der Waals surface area contributed by atoms with Crippen LogP contribution in [0.4, 0.5) is 0 Å². The average molecular weight is 276 g/mol. The van der Waals surface area contributed by atoms with Gasteiger partial charge in [-0.15, -0.1) is 0 Å². The van der Waals surface area contributed by atoms with Gasteiger partial charge in [0.1, 0.15) is 6.04 Å². The van der Waals surface area contributed by atoms with Crippen LogP contribution in [0.3, 0.4) is 0 Å². The first kappa shape index (κ1) is 14.5. The molecule has 1 fully saturated rings. The van der Waals surface area contributed by atoms with Crippen LogP contribution in [0.2, 0.25) is 0 Å². The number of likely N-dealkylation sites (tertiary alicyclic amines) is 1. The number of likely N-dealkylation sites (N-methyl/N-ethyl adjacent to an activating group) is 1. The maximum absolute atomic E-state index is 12.2. The molecule has 1 atom stereocenters. The Morgan fingerprint density at radius 1 is 1.35 bits per heavy atom. The standard InChI is InChI=1S/C15H20N2O3/c1-16(10-12-6-3-2-4-7-12)14(18)11-17-9-5-8-13(17)15(19)20/h2-4,6-7,13H,5,8-11H2,1H3,(H,19,20). The summed E-state index contributed by atoms with van der Waals surface area (Å²) >= 11 is 0. The zero-order valence-electron chi connectivity index (χ0n) is 11.7. The molecule has 5 nitrogen and oxygen atoms in total. The fourth-order valence-electron chi connectivity index (χ4n) is 2.53. The van der Waals surface area contributed by atoms with Crippen molar-refractivity contribution >= 4 is 11.9 Å². The van der Waals surface area contributed by atoms with Gasteiger partial charge in [-0.05, 0) is 24.9 Å². The topological polar surface area (TPSA) is 60.9 Å². The van der Waals surface area contributed by atoms with Gasteiger partial charge in [0.15, 0.2) is 0 Å². The second-order valence-electron chi connectivity index (χ2n) is 5.20. The van der Waals surface area contributed by atoms with Gasteiger partial charge in [0, 0.05) is 13.6 Å². The monoisotopic (exact) mass is 276 g/mol. The van der Waals surface area contributed by atoms with E-state index >= 15 is 0 Å². The minimum Gasteiger partial charge on any atom is -0.480 e. The van der Waals surface area contributed by atoms with E-state index in [1.807, 2.05) is 30.3 Å². The molecule has 1 N–H and O–H groups in total. The molecule has 1 aliphatic heterocycles. The molecule has 1 unspecified atom stereocenters. The predicted octanol–water partition coefficient (Wildman–Crippen LogP) is 1.19. The van der Waals surface area contributed by atoms with Crippen molar-refractivity contribution in [2.24, 2.45) is 0 Å². The normalized spacial score (nSPS) is 18.9. The fraction of sp³-hybridized carbons (Fsp3) is 0.467. The van der Waals surface area contributed by atoms with Crippen LogP contribution in [0.1, 0.15) is 18.4 Å². The lowest BCUT2D eigenvalue weighted by Crippen LogP contribution is -2.43. The van der Waals surface area contributed by atoms with Gasteiger partial charge in [-0.1, -0.05) is 30.3 Å². The van der Waals surface area contributed by atoms with Crippen LogP contribution in [0.25, 0.3) is 0 Å². The highest BCUT2D eigenvalue weighted by Gasteiger charge is 2.32. The molecule has 0 radical (unpaired) electrons. The molecule has 0 aliphatic carbocycles. The van der Waals surface area contributed by atoms with Gasteiger partial charge in [-0.25, -0.2) is 0 Å². The van der Waals surface area contributed by atoms with Crippen LogP contribution in [-0.4, -0.2) is 53.0 Å². The number of nitrogens with zero attached hydrogens (tertiary/aromatic N) is 2. The van der Waals surface area contributed by atoms with E-state index in [9.17, 15) is 9.59 Å². The summed E-state index contributed by atoms with van der Waals surface area (Å²) in [6, 6.07) is 9.25. The molecule has 20 heavy (non-hydrogen) atoms. The molecule has 1 saturated heterocycles. The number of amides is 1. The zero-order chi connectivity index (χ0) is 14.5. The Balaban J connectivity index is 1.89. The summed E-state index contributed by atoms with van der Waals surface area (Å²) < 4.78 is 0. The van der Waals surface area contributed by atoms with Crippen LogP contribution in [0.15, 0.2) is 30.3 Å². The van der Waals surface area contributed by atoms with E-state index in [1.54, 1.807) is 16.8 Å². The van der Waals surface area contributed by atoms with Crippen molar-refractivity contribution in [3.8, 4) is 0 Å². The molecule has 2 rings (SSSR count). The molecule has 0 spiro atoms. The first-order chi connectivity index (χ1) is 9.58. The highest BCUT2D eigenvalue weighted by Crippen LogP contribution is 2.17. The molecule has 0 bridgehead atoms. The van der Waals surface area contributed by atoms with Gasteiger partial charge in [-0.2, -0.15) is 0 Å². The van der Waals surface area contributed by atoms with E-state index in [-0.39, 0.29) is 12.5 Å². The molecule has 0 aromatic heterocycles. The summed E-state index contributed by atoms with van der Waals surface area (Å²) in [5, 5.41) is 9.10. The lowest BCUT2D eigenvalue weighted by molar-refractivity contribution is -0.143. The van der Waals surface area contributed by atoms with Crippen molar-refractivity contribution in [3.05, 3.63) is 35.9 Å². The molecule has 1 amide bonds. The number of aliphatic carboxylic acids is 1. The third kappa shape index (κ3) is 3.57. The van der Waals surface area contributed by atoms with Crippen molar-refractivity contribution < 1.29 is 14.7 Å². The van der Waals surface area contributed by atoms with Gasteiger partial charge < -0.3 is 10.0 Å². The zero-order valence-corrected chi connectivity index (χ0v) is 11.7. The Hall–Kier alpha value is -1.88. The van der Waals surface area contributed by atoms with Crippen molar-refractivity contribution in [1.29, 1.82) is 0 Å². The van der Waals surface area contributed by atoms with E-state index < -0.39 is 12.0 Å². The largest absolute Gasteiger partial charge is 0.480 e. The van der Waals surface area contributed by atoms with E-state index in [4.69, 9.17) is 5.11 Å². The Labute approximate surface area is 118 Å². The molecule has 1 aromatic rings. The van der Waals surface area contributed by atoms with Gasteiger partial charge in [0.05, 0.1) is 6.54 Å². The summed E-state index contributed by atoms with van der Waals surface area (Å²) in [5.74, 6) is -0.872. The molecule has 0 saturated carbocycles. The fourth-order valence-corrected chi connectivity index (χ4v) is 2.53. The Bertz CT molecular complexity index is 475. The molecule has 108 valence electrons. The first-order valence-corrected chi connectivity index (χ1v) is 6.82. The SMILES string of the molecule is CN(Cc1ccccc1)C(=O)CN1CCCC1C(=O)O. The maximum Gasteiger partial charge on any atom is 0.320 e. The number of carboxylic acids is 1. The highest BCUT2D eigenvalue weighted by atomic mass is 16.4. The van der Waals surface area contributed by atoms with Gasteiger partial charge in [0.2, 0.25) is 5.91 Å². The summed E-state index contributed by atoms with van der Waals surface area (Å²) in [5.41, 5.74) is 1.07. The van der Waals surface area contributed by atoms with Crippen LogP contribution in [-0.2, 0) is 16.1 Å². The van der Waals surface area contributed by atoms with E-state index in [2.05, 4.69) is 0 Å². The highest BCUT2D eigenvalue weighted by molar-refractivity contribution is 5.80. The van der Waals surface area contributed by atoms with Crippen molar-refractivity contribution in [3.63, 3.8) is 0 Å². The third-order valence-electron chi connectivity index (χ3n) is 3.68. The molecule has 5 heteroatoms. The van der Waals surface area contributed by atoms with Crippen LogP contribution in [0, 0.1) is 0 Å².